The van der Waals surface area contributed by atoms with Gasteiger partial charge in [-0.15, -0.1) is 0 Å². The van der Waals surface area contributed by atoms with E-state index in [1.807, 2.05) is 30.3 Å². The van der Waals surface area contributed by atoms with Gasteiger partial charge in [-0.1, -0.05) is 36.4 Å². The van der Waals surface area contributed by atoms with Crippen LogP contribution in [0, 0.1) is 5.82 Å². The number of halogens is 1. The molecule has 0 N–H and O–H groups in total. The van der Waals surface area contributed by atoms with Crippen molar-refractivity contribution in [2.75, 3.05) is 20.2 Å². The number of carbonyl (C=O) groups excluding carboxylic acids is 1. The van der Waals surface area contributed by atoms with Crippen LogP contribution in [0.1, 0.15) is 5.56 Å². The molecule has 0 heterocycles. The molecule has 0 saturated heterocycles. The molecule has 0 radical (unpaired) electrons. The molecule has 0 fully saturated rings. The maximum atomic E-state index is 13.5. The average Bonchev–Trinajstić information content (AvgIpc) is 2.50. The predicted molar refractivity (Wildman–Crippen MR) is 79.7 cm³/mol. The van der Waals surface area contributed by atoms with E-state index in [2.05, 4.69) is 0 Å². The number of para-hydroxylation sites is 1. The first kappa shape index (κ1) is 15.0. The number of amides is 1. The van der Waals surface area contributed by atoms with Gasteiger partial charge in [0.25, 0.3) is 0 Å². The third-order valence-electron chi connectivity index (χ3n) is 3.16. The molecule has 0 aromatic heterocycles. The molecule has 2 aromatic rings. The second kappa shape index (κ2) is 7.43. The van der Waals surface area contributed by atoms with E-state index < -0.39 is 0 Å². The molecular weight excluding hydrogens is 269 g/mol. The van der Waals surface area contributed by atoms with Gasteiger partial charge in [0.1, 0.15) is 18.2 Å². The summed E-state index contributed by atoms with van der Waals surface area (Å²) in [5.74, 6) is 0.295. The first-order chi connectivity index (χ1) is 10.2. The number of rotatable bonds is 6. The predicted octanol–water partition coefficient (Wildman–Crippen LogP) is 2.91. The normalized spacial score (nSPS) is 10.2. The highest BCUT2D eigenvalue weighted by Crippen LogP contribution is 2.09. The minimum Gasteiger partial charge on any atom is -0.492 e. The first-order valence-electron chi connectivity index (χ1n) is 6.82. The zero-order valence-electron chi connectivity index (χ0n) is 12.0. The molecule has 0 aliphatic heterocycles. The van der Waals surface area contributed by atoms with Crippen LogP contribution in [0.2, 0.25) is 0 Å². The second-order valence-electron chi connectivity index (χ2n) is 4.74. The second-order valence-corrected chi connectivity index (χ2v) is 4.74. The zero-order chi connectivity index (χ0) is 15.1. The van der Waals surface area contributed by atoms with E-state index >= 15 is 0 Å². The van der Waals surface area contributed by atoms with E-state index in [4.69, 9.17) is 4.74 Å². The summed E-state index contributed by atoms with van der Waals surface area (Å²) in [6, 6.07) is 15.7. The Balaban J connectivity index is 1.79. The van der Waals surface area contributed by atoms with Crippen molar-refractivity contribution in [2.24, 2.45) is 0 Å². The van der Waals surface area contributed by atoms with Gasteiger partial charge in [-0.05, 0) is 23.8 Å². The Hall–Kier alpha value is -2.36. The van der Waals surface area contributed by atoms with Crippen LogP contribution >= 0.6 is 0 Å². The van der Waals surface area contributed by atoms with E-state index in [-0.39, 0.29) is 18.1 Å². The SMILES string of the molecule is CN(CCOc1ccccc1)C(=O)Cc1ccccc1F. The molecule has 0 aliphatic rings. The summed E-state index contributed by atoms with van der Waals surface area (Å²) in [6.07, 6.45) is 0.0640. The van der Waals surface area contributed by atoms with Gasteiger partial charge in [0, 0.05) is 7.05 Å². The van der Waals surface area contributed by atoms with Crippen LogP contribution < -0.4 is 4.74 Å². The van der Waals surface area contributed by atoms with Gasteiger partial charge in [0.15, 0.2) is 0 Å². The lowest BCUT2D eigenvalue weighted by molar-refractivity contribution is -0.129. The molecule has 3 nitrogen and oxygen atoms in total. The number of benzene rings is 2. The molecule has 21 heavy (non-hydrogen) atoms. The largest absolute Gasteiger partial charge is 0.492 e. The Morgan fingerprint density at radius 2 is 1.76 bits per heavy atom. The van der Waals surface area contributed by atoms with Gasteiger partial charge in [-0.2, -0.15) is 0 Å². The number of hydrogen-bond donors (Lipinski definition) is 0. The topological polar surface area (TPSA) is 29.5 Å². The van der Waals surface area contributed by atoms with Gasteiger partial charge in [-0.25, -0.2) is 4.39 Å². The lowest BCUT2D eigenvalue weighted by Crippen LogP contribution is -2.32. The Morgan fingerprint density at radius 1 is 1.10 bits per heavy atom. The van der Waals surface area contributed by atoms with Crippen molar-refractivity contribution in [3.8, 4) is 5.75 Å². The van der Waals surface area contributed by atoms with Crippen LogP contribution in [0.25, 0.3) is 0 Å². The van der Waals surface area contributed by atoms with E-state index in [1.54, 1.807) is 30.1 Å². The Kier molecular flexibility index (Phi) is 5.32. The molecule has 1 amide bonds. The van der Waals surface area contributed by atoms with E-state index in [0.29, 0.717) is 18.7 Å². The number of likely N-dealkylation sites (N-methyl/N-ethyl adjacent to an activating group) is 1. The van der Waals surface area contributed by atoms with Crippen molar-refractivity contribution in [3.63, 3.8) is 0 Å². The highest BCUT2D eigenvalue weighted by atomic mass is 19.1. The molecular formula is C17H18FNO2. The fraction of sp³-hybridized carbons (Fsp3) is 0.235. The summed E-state index contributed by atoms with van der Waals surface area (Å²) in [4.78, 5) is 13.6. The summed E-state index contributed by atoms with van der Waals surface area (Å²) in [5.41, 5.74) is 0.415. The van der Waals surface area contributed by atoms with Crippen molar-refractivity contribution in [3.05, 3.63) is 66.0 Å². The summed E-state index contributed by atoms with van der Waals surface area (Å²) in [5, 5.41) is 0. The number of carbonyl (C=O) groups is 1. The van der Waals surface area contributed by atoms with Crippen molar-refractivity contribution in [1.29, 1.82) is 0 Å². The van der Waals surface area contributed by atoms with Gasteiger partial charge in [-0.3, -0.25) is 4.79 Å². The molecule has 0 spiro atoms. The van der Waals surface area contributed by atoms with Gasteiger partial charge in [0.2, 0.25) is 5.91 Å². The van der Waals surface area contributed by atoms with Gasteiger partial charge < -0.3 is 9.64 Å². The average molecular weight is 287 g/mol. The number of nitrogens with zero attached hydrogens (tertiary/aromatic N) is 1. The minimum atomic E-state index is -0.347. The van der Waals surface area contributed by atoms with Crippen molar-refractivity contribution in [2.45, 2.75) is 6.42 Å². The fourth-order valence-electron chi connectivity index (χ4n) is 1.88. The molecule has 2 rings (SSSR count). The van der Waals surface area contributed by atoms with Crippen LogP contribution in [0.5, 0.6) is 5.75 Å². The maximum Gasteiger partial charge on any atom is 0.226 e. The Bertz CT molecular complexity index is 586. The smallest absolute Gasteiger partial charge is 0.226 e. The summed E-state index contributed by atoms with van der Waals surface area (Å²) in [6.45, 7) is 0.867. The molecule has 0 saturated carbocycles. The molecule has 0 bridgehead atoms. The molecule has 0 atom stereocenters. The Morgan fingerprint density at radius 3 is 2.48 bits per heavy atom. The first-order valence-corrected chi connectivity index (χ1v) is 6.82. The number of ether oxygens (including phenoxy) is 1. The van der Waals surface area contributed by atoms with Gasteiger partial charge >= 0.3 is 0 Å². The van der Waals surface area contributed by atoms with Crippen molar-refractivity contribution in [1.82, 2.24) is 4.90 Å². The molecule has 4 heteroatoms. The lowest BCUT2D eigenvalue weighted by atomic mass is 10.1. The maximum absolute atomic E-state index is 13.5. The van der Waals surface area contributed by atoms with Crippen LogP contribution in [-0.4, -0.2) is 31.0 Å². The molecule has 0 aliphatic carbocycles. The monoisotopic (exact) mass is 287 g/mol. The molecule has 110 valence electrons. The highest BCUT2D eigenvalue weighted by Gasteiger charge is 2.12. The number of hydrogen-bond acceptors (Lipinski definition) is 2. The zero-order valence-corrected chi connectivity index (χ0v) is 12.0. The lowest BCUT2D eigenvalue weighted by Gasteiger charge is -2.17. The van der Waals surface area contributed by atoms with Crippen LogP contribution in [0.15, 0.2) is 54.6 Å². The summed E-state index contributed by atoms with van der Waals surface area (Å²) >= 11 is 0. The third-order valence-corrected chi connectivity index (χ3v) is 3.16. The van der Waals surface area contributed by atoms with E-state index in [1.165, 1.54) is 6.07 Å². The third kappa shape index (κ3) is 4.60. The van der Waals surface area contributed by atoms with E-state index in [0.717, 1.165) is 5.75 Å². The molecule has 0 unspecified atom stereocenters. The van der Waals surface area contributed by atoms with Crippen LogP contribution in [0.4, 0.5) is 4.39 Å². The van der Waals surface area contributed by atoms with Gasteiger partial charge in [0.05, 0.1) is 13.0 Å². The quantitative estimate of drug-likeness (QED) is 0.817. The van der Waals surface area contributed by atoms with Crippen molar-refractivity contribution < 1.29 is 13.9 Å². The molecule has 2 aromatic carbocycles. The highest BCUT2D eigenvalue weighted by molar-refractivity contribution is 5.78. The van der Waals surface area contributed by atoms with Crippen LogP contribution in [0.3, 0.4) is 0 Å². The summed E-state index contributed by atoms with van der Waals surface area (Å²) < 4.78 is 19.0. The van der Waals surface area contributed by atoms with Crippen LogP contribution in [-0.2, 0) is 11.2 Å². The Labute approximate surface area is 124 Å². The van der Waals surface area contributed by atoms with E-state index in [9.17, 15) is 9.18 Å². The standard InChI is InChI=1S/C17H18FNO2/c1-19(11-12-21-15-8-3-2-4-9-15)17(20)13-14-7-5-6-10-16(14)18/h2-10H,11-13H2,1H3. The van der Waals surface area contributed by atoms with Crippen molar-refractivity contribution >= 4 is 5.91 Å². The fourth-order valence-corrected chi connectivity index (χ4v) is 1.88. The minimum absolute atomic E-state index is 0.0640. The summed E-state index contributed by atoms with van der Waals surface area (Å²) in [7, 11) is 1.69.